The van der Waals surface area contributed by atoms with E-state index in [1.165, 1.54) is 100.0 Å². The van der Waals surface area contributed by atoms with Gasteiger partial charge in [-0.1, -0.05) is 0 Å². The van der Waals surface area contributed by atoms with E-state index in [0.717, 1.165) is 0 Å². The molecular formula is C28H22CuF2N6O4. The van der Waals surface area contributed by atoms with Gasteiger partial charge in [0.25, 0.3) is 0 Å². The van der Waals surface area contributed by atoms with Crippen LogP contribution in [-0.2, 0) is 17.1 Å². The second-order valence-electron chi connectivity index (χ2n) is 7.56. The fraction of sp³-hybridized carbons (Fsp3) is 0.0714. The van der Waals surface area contributed by atoms with E-state index in [0.29, 0.717) is 22.3 Å². The number of aromatic nitrogens is 2. The van der Waals surface area contributed by atoms with Gasteiger partial charge < -0.3 is 19.7 Å². The summed E-state index contributed by atoms with van der Waals surface area (Å²) in [4.78, 5) is 7.59. The van der Waals surface area contributed by atoms with Gasteiger partial charge in [0, 0.05) is 36.6 Å². The summed E-state index contributed by atoms with van der Waals surface area (Å²) in [5.74, 6) is -1.69. The molecule has 0 spiro atoms. The molecule has 4 rings (SSSR count). The molecule has 0 aliphatic carbocycles. The topological polar surface area (TPSA) is 140 Å². The number of hydrogen-bond donors (Lipinski definition) is 0. The Morgan fingerprint density at radius 2 is 1.02 bits per heavy atom. The predicted molar refractivity (Wildman–Crippen MR) is 143 cm³/mol. The molecule has 10 nitrogen and oxygen atoms in total. The molecule has 213 valence electrons. The number of benzene rings is 2. The SMILES string of the molecule is COc1ccc(/C=N\N=C(/[O-])c2ccncc2)cc1F.COc1ccc(/C=N\N=C(/[O-])c2ccncc2)cc1F.[Cu+2]. The zero-order valence-electron chi connectivity index (χ0n) is 21.6. The molecular weight excluding hydrogens is 586 g/mol. The van der Waals surface area contributed by atoms with E-state index < -0.39 is 23.4 Å². The molecule has 2 aromatic carbocycles. The Morgan fingerprint density at radius 1 is 0.659 bits per heavy atom. The number of rotatable bonds is 8. The minimum absolute atomic E-state index is 0. The summed E-state index contributed by atoms with van der Waals surface area (Å²) in [7, 11) is 2.77. The second-order valence-corrected chi connectivity index (χ2v) is 7.56. The molecule has 13 heteroatoms. The van der Waals surface area contributed by atoms with Crippen LogP contribution < -0.4 is 19.7 Å². The average Bonchev–Trinajstić information content (AvgIpc) is 2.98. The zero-order chi connectivity index (χ0) is 28.7. The van der Waals surface area contributed by atoms with Crippen molar-refractivity contribution in [2.75, 3.05) is 14.2 Å². The summed E-state index contributed by atoms with van der Waals surface area (Å²) >= 11 is 0. The maximum atomic E-state index is 13.4. The Morgan fingerprint density at radius 3 is 1.34 bits per heavy atom. The van der Waals surface area contributed by atoms with Crippen molar-refractivity contribution in [3.05, 3.63) is 119 Å². The van der Waals surface area contributed by atoms with Crippen LogP contribution in [0, 0.1) is 11.6 Å². The van der Waals surface area contributed by atoms with Gasteiger partial charge in [0.15, 0.2) is 23.1 Å². The third kappa shape index (κ3) is 10.2. The summed E-state index contributed by atoms with van der Waals surface area (Å²) in [5.41, 5.74) is 1.74. The average molecular weight is 608 g/mol. The number of methoxy groups -OCH3 is 2. The van der Waals surface area contributed by atoms with Crippen LogP contribution in [0.4, 0.5) is 8.78 Å². The molecule has 2 aromatic heterocycles. The van der Waals surface area contributed by atoms with Gasteiger partial charge in [-0.25, -0.2) is 8.78 Å². The largest absolute Gasteiger partial charge is 2.00 e. The Kier molecular flexibility index (Phi) is 13.2. The van der Waals surface area contributed by atoms with Crippen LogP contribution in [0.25, 0.3) is 0 Å². The van der Waals surface area contributed by atoms with Crippen molar-refractivity contribution in [1.29, 1.82) is 0 Å². The Bertz CT molecular complexity index is 1410. The van der Waals surface area contributed by atoms with E-state index >= 15 is 0 Å². The quantitative estimate of drug-likeness (QED) is 0.131. The molecule has 0 bridgehead atoms. The molecule has 2 heterocycles. The van der Waals surface area contributed by atoms with Crippen molar-refractivity contribution in [3.8, 4) is 11.5 Å². The number of halogens is 2. The first-order valence-electron chi connectivity index (χ1n) is 11.4. The fourth-order valence-corrected chi connectivity index (χ4v) is 2.93. The smallest absolute Gasteiger partial charge is 0.857 e. The minimum Gasteiger partial charge on any atom is -0.857 e. The van der Waals surface area contributed by atoms with Gasteiger partial charge in [0.1, 0.15) is 0 Å². The normalized spacial score (nSPS) is 11.5. The number of ether oxygens (including phenoxy) is 2. The van der Waals surface area contributed by atoms with Crippen molar-refractivity contribution in [2.45, 2.75) is 0 Å². The molecule has 0 N–H and O–H groups in total. The monoisotopic (exact) mass is 607 g/mol. The fourth-order valence-electron chi connectivity index (χ4n) is 2.93. The van der Waals surface area contributed by atoms with Gasteiger partial charge in [0.2, 0.25) is 0 Å². The van der Waals surface area contributed by atoms with Gasteiger partial charge in [-0.2, -0.15) is 20.4 Å². The molecule has 0 saturated heterocycles. The van der Waals surface area contributed by atoms with Crippen LogP contribution in [0.15, 0.2) is 106 Å². The molecule has 0 aliphatic heterocycles. The second kappa shape index (κ2) is 16.9. The number of hydrogen-bond acceptors (Lipinski definition) is 10. The van der Waals surface area contributed by atoms with Crippen molar-refractivity contribution < 1.29 is 45.5 Å². The van der Waals surface area contributed by atoms with Crippen LogP contribution in [0.1, 0.15) is 22.3 Å². The van der Waals surface area contributed by atoms with Crippen LogP contribution in [-0.4, -0.2) is 48.4 Å². The van der Waals surface area contributed by atoms with Gasteiger partial charge in [-0.3, -0.25) is 9.97 Å². The maximum Gasteiger partial charge on any atom is 2.00 e. The van der Waals surface area contributed by atoms with Crippen molar-refractivity contribution in [2.24, 2.45) is 20.4 Å². The molecule has 0 aliphatic rings. The van der Waals surface area contributed by atoms with Gasteiger partial charge in [-0.05, 0) is 82.9 Å². The molecule has 0 saturated carbocycles. The molecule has 0 unspecified atom stereocenters. The number of nitrogens with zero attached hydrogens (tertiary/aromatic N) is 6. The molecule has 4 aromatic rings. The Labute approximate surface area is 245 Å². The summed E-state index contributed by atoms with van der Waals surface area (Å²) in [6.45, 7) is 0. The van der Waals surface area contributed by atoms with E-state index in [4.69, 9.17) is 9.47 Å². The van der Waals surface area contributed by atoms with Gasteiger partial charge in [0.05, 0.1) is 26.6 Å². The summed E-state index contributed by atoms with van der Waals surface area (Å²) in [6, 6.07) is 14.8. The van der Waals surface area contributed by atoms with Crippen LogP contribution in [0.3, 0.4) is 0 Å². The third-order valence-electron chi connectivity index (χ3n) is 4.92. The van der Waals surface area contributed by atoms with E-state index in [9.17, 15) is 19.0 Å². The van der Waals surface area contributed by atoms with Crippen LogP contribution >= 0.6 is 0 Å². The van der Waals surface area contributed by atoms with Crippen LogP contribution in [0.5, 0.6) is 11.5 Å². The molecule has 0 amide bonds. The number of pyridine rings is 2. The molecule has 1 radical (unpaired) electrons. The molecule has 0 atom stereocenters. The van der Waals surface area contributed by atoms with E-state index in [2.05, 4.69) is 30.4 Å². The van der Waals surface area contributed by atoms with E-state index in [-0.39, 0.29) is 28.6 Å². The molecule has 41 heavy (non-hydrogen) atoms. The van der Waals surface area contributed by atoms with Crippen molar-refractivity contribution in [1.82, 2.24) is 9.97 Å². The van der Waals surface area contributed by atoms with Crippen molar-refractivity contribution in [3.63, 3.8) is 0 Å². The first-order valence-corrected chi connectivity index (χ1v) is 11.4. The maximum absolute atomic E-state index is 13.4. The predicted octanol–water partition coefficient (Wildman–Crippen LogP) is 2.74. The van der Waals surface area contributed by atoms with Gasteiger partial charge in [-0.15, -0.1) is 0 Å². The van der Waals surface area contributed by atoms with Crippen molar-refractivity contribution >= 4 is 24.2 Å². The standard InChI is InChI=1S/2C14H12FN3O2.Cu/c2*1-20-13-3-2-10(8-12(13)15)9-17-18-14(19)11-4-6-16-7-5-11;/h2*2-9H,1H3,(H,18,19);/q;;+2/p-2/b2*17-9-;. The Hall–Kier alpha value is -5.00. The van der Waals surface area contributed by atoms with E-state index in [1.807, 2.05) is 0 Å². The summed E-state index contributed by atoms with van der Waals surface area (Å²) in [5, 5.41) is 37.5. The third-order valence-corrected chi connectivity index (χ3v) is 4.92. The Balaban J connectivity index is 0.000000280. The van der Waals surface area contributed by atoms with E-state index in [1.54, 1.807) is 12.1 Å². The first kappa shape index (κ1) is 32.2. The summed E-state index contributed by atoms with van der Waals surface area (Å²) in [6.07, 6.45) is 8.55. The first-order chi connectivity index (χ1) is 19.4. The zero-order valence-corrected chi connectivity index (χ0v) is 22.6. The summed E-state index contributed by atoms with van der Waals surface area (Å²) < 4.78 is 36.4. The van der Waals surface area contributed by atoms with Gasteiger partial charge >= 0.3 is 17.1 Å². The minimum atomic E-state index is -0.503. The van der Waals surface area contributed by atoms with Crippen LogP contribution in [0.2, 0.25) is 0 Å². The molecule has 0 fully saturated rings.